The number of halogens is 2. The third-order valence-electron chi connectivity index (χ3n) is 6.08. The second-order valence-electron chi connectivity index (χ2n) is 6.84. The molecule has 20 heavy (non-hydrogen) atoms. The van der Waals surface area contributed by atoms with Gasteiger partial charge in [0.15, 0.2) is 0 Å². The zero-order valence-electron chi connectivity index (χ0n) is 12.0. The van der Waals surface area contributed by atoms with Gasteiger partial charge in [-0.25, -0.2) is 0 Å². The number of hydrogen-bond donors (Lipinski definition) is 1. The number of rotatable bonds is 2. The van der Waals surface area contributed by atoms with Crippen LogP contribution in [-0.4, -0.2) is 10.7 Å². The summed E-state index contributed by atoms with van der Waals surface area (Å²) in [4.78, 5) is 13.1. The molecule has 0 aromatic heterocycles. The summed E-state index contributed by atoms with van der Waals surface area (Å²) in [6, 6.07) is 7.76. The van der Waals surface area contributed by atoms with E-state index in [2.05, 4.69) is 57.9 Å². The number of alkyl halides is 1. The molecule has 3 aliphatic rings. The summed E-state index contributed by atoms with van der Waals surface area (Å²) >= 11 is 7.21. The summed E-state index contributed by atoms with van der Waals surface area (Å²) in [6.07, 6.45) is 2.08. The maximum absolute atomic E-state index is 12.9. The number of benzene rings is 1. The van der Waals surface area contributed by atoms with E-state index in [1.54, 1.807) is 0 Å². The Kier molecular flexibility index (Phi) is 3.15. The van der Waals surface area contributed by atoms with Crippen LogP contribution >= 0.6 is 31.9 Å². The molecule has 1 aromatic rings. The summed E-state index contributed by atoms with van der Waals surface area (Å²) in [5, 5.41) is 3.10. The van der Waals surface area contributed by atoms with Gasteiger partial charge in [-0.1, -0.05) is 52.6 Å². The van der Waals surface area contributed by atoms with E-state index in [1.165, 1.54) is 0 Å². The van der Waals surface area contributed by atoms with Crippen molar-refractivity contribution in [2.75, 3.05) is 5.32 Å². The van der Waals surface area contributed by atoms with E-state index in [0.717, 1.165) is 23.0 Å². The number of hydrogen-bond acceptors (Lipinski definition) is 1. The maximum Gasteiger partial charge on any atom is 0.232 e. The average molecular weight is 401 g/mol. The Bertz CT molecular complexity index is 568. The van der Waals surface area contributed by atoms with Gasteiger partial charge < -0.3 is 5.32 Å². The Morgan fingerprint density at radius 1 is 1.20 bits per heavy atom. The lowest BCUT2D eigenvalue weighted by molar-refractivity contribution is -0.155. The molecule has 3 fully saturated rings. The van der Waals surface area contributed by atoms with Crippen molar-refractivity contribution >= 4 is 43.5 Å². The molecule has 0 spiro atoms. The standard InChI is InChI=1S/C16H19Br2NO/c1-14(2)15(3)8-9-16(14,12(15)18)13(20)19-11-6-4-10(17)5-7-11/h4-7,12H,8-9H2,1-3H3,(H,19,20)/t12-,15+,16-/m1/s1. The van der Waals surface area contributed by atoms with Crippen molar-refractivity contribution in [1.82, 2.24) is 0 Å². The Balaban J connectivity index is 1.86. The molecular weight excluding hydrogens is 382 g/mol. The summed E-state index contributed by atoms with van der Waals surface area (Å²) < 4.78 is 1.02. The fraction of sp³-hybridized carbons (Fsp3) is 0.562. The fourth-order valence-electron chi connectivity index (χ4n) is 4.23. The second-order valence-corrected chi connectivity index (χ2v) is 8.67. The Morgan fingerprint density at radius 3 is 2.25 bits per heavy atom. The minimum atomic E-state index is -0.283. The predicted molar refractivity (Wildman–Crippen MR) is 89.0 cm³/mol. The van der Waals surface area contributed by atoms with Crippen molar-refractivity contribution in [1.29, 1.82) is 0 Å². The summed E-state index contributed by atoms with van der Waals surface area (Å²) in [7, 11) is 0. The molecule has 0 heterocycles. The minimum Gasteiger partial charge on any atom is -0.326 e. The Labute approximate surface area is 137 Å². The van der Waals surface area contributed by atoms with Gasteiger partial charge in [0, 0.05) is 15.0 Å². The minimum absolute atomic E-state index is 0.0353. The molecule has 0 saturated heterocycles. The van der Waals surface area contributed by atoms with E-state index >= 15 is 0 Å². The molecule has 3 aliphatic carbocycles. The number of carbonyl (C=O) groups excluding carboxylic acids is 1. The first kappa shape index (κ1) is 14.6. The van der Waals surface area contributed by atoms with Crippen LogP contribution in [0, 0.1) is 16.2 Å². The van der Waals surface area contributed by atoms with Gasteiger partial charge in [0.05, 0.1) is 5.41 Å². The SMILES string of the molecule is CC1(C)[C@@]2(C)CC[C@]1(C(=O)Nc1ccc(Br)cc1)[C@@H]2Br. The van der Waals surface area contributed by atoms with Crippen LogP contribution in [0.1, 0.15) is 33.6 Å². The third kappa shape index (κ3) is 1.52. The first-order valence-corrected chi connectivity index (χ1v) is 8.68. The first-order valence-electron chi connectivity index (χ1n) is 6.97. The number of nitrogens with one attached hydrogen (secondary N) is 1. The molecular formula is C16H19Br2NO. The molecule has 0 unspecified atom stereocenters. The lowest BCUT2D eigenvalue weighted by atomic mass is 9.43. The monoisotopic (exact) mass is 399 g/mol. The number of anilines is 1. The quantitative estimate of drug-likeness (QED) is 0.697. The summed E-state index contributed by atoms with van der Waals surface area (Å²) in [6.45, 7) is 6.77. The molecule has 0 aliphatic heterocycles. The lowest BCUT2D eigenvalue weighted by Gasteiger charge is -2.64. The largest absolute Gasteiger partial charge is 0.326 e. The van der Waals surface area contributed by atoms with Crippen LogP contribution in [0.5, 0.6) is 0 Å². The molecule has 2 bridgehead atoms. The van der Waals surface area contributed by atoms with Gasteiger partial charge in [0.2, 0.25) is 5.91 Å². The lowest BCUT2D eigenvalue weighted by Crippen LogP contribution is -2.68. The number of fused-ring (bicyclic) bond motifs is 1. The molecule has 3 saturated carbocycles. The zero-order chi connectivity index (χ0) is 14.8. The summed E-state index contributed by atoms with van der Waals surface area (Å²) in [5.41, 5.74) is 0.843. The van der Waals surface area contributed by atoms with E-state index in [1.807, 2.05) is 24.3 Å². The molecule has 1 amide bonds. The smallest absolute Gasteiger partial charge is 0.232 e. The molecule has 3 atom stereocenters. The highest BCUT2D eigenvalue weighted by atomic mass is 79.9. The fourth-order valence-corrected chi connectivity index (χ4v) is 6.31. The van der Waals surface area contributed by atoms with Crippen LogP contribution in [0.25, 0.3) is 0 Å². The highest BCUT2D eigenvalue weighted by Gasteiger charge is 2.80. The second kappa shape index (κ2) is 4.33. The van der Waals surface area contributed by atoms with E-state index in [9.17, 15) is 4.79 Å². The topological polar surface area (TPSA) is 29.1 Å². The van der Waals surface area contributed by atoms with Crippen molar-refractivity contribution in [3.63, 3.8) is 0 Å². The Morgan fingerprint density at radius 2 is 1.80 bits per heavy atom. The van der Waals surface area contributed by atoms with Gasteiger partial charge >= 0.3 is 0 Å². The van der Waals surface area contributed by atoms with Crippen molar-refractivity contribution < 1.29 is 4.79 Å². The molecule has 2 nitrogen and oxygen atoms in total. The van der Waals surface area contributed by atoms with Crippen molar-refractivity contribution in [3.8, 4) is 0 Å². The normalized spacial score (nSPS) is 37.4. The van der Waals surface area contributed by atoms with Crippen LogP contribution in [0.3, 0.4) is 0 Å². The van der Waals surface area contributed by atoms with Crippen LogP contribution in [0.2, 0.25) is 0 Å². The van der Waals surface area contributed by atoms with Gasteiger partial charge in [-0.15, -0.1) is 0 Å². The van der Waals surface area contributed by atoms with Gasteiger partial charge in [-0.3, -0.25) is 4.79 Å². The van der Waals surface area contributed by atoms with Crippen LogP contribution < -0.4 is 5.32 Å². The first-order chi connectivity index (χ1) is 9.25. The molecule has 108 valence electrons. The highest BCUT2D eigenvalue weighted by molar-refractivity contribution is 9.10. The Hall–Kier alpha value is -0.350. The van der Waals surface area contributed by atoms with Crippen LogP contribution in [0.4, 0.5) is 5.69 Å². The van der Waals surface area contributed by atoms with Crippen LogP contribution in [-0.2, 0) is 4.79 Å². The average Bonchev–Trinajstić information content (AvgIpc) is 2.80. The van der Waals surface area contributed by atoms with E-state index in [4.69, 9.17) is 0 Å². The summed E-state index contributed by atoms with van der Waals surface area (Å²) in [5.74, 6) is 0.154. The van der Waals surface area contributed by atoms with Crippen molar-refractivity contribution in [3.05, 3.63) is 28.7 Å². The van der Waals surface area contributed by atoms with Gasteiger partial charge in [0.25, 0.3) is 0 Å². The highest BCUT2D eigenvalue weighted by Crippen LogP contribution is 2.79. The van der Waals surface area contributed by atoms with E-state index < -0.39 is 0 Å². The van der Waals surface area contributed by atoms with Gasteiger partial charge in [-0.2, -0.15) is 0 Å². The van der Waals surface area contributed by atoms with Gasteiger partial charge in [0.1, 0.15) is 0 Å². The predicted octanol–water partition coefficient (Wildman–Crippen LogP) is 4.98. The van der Waals surface area contributed by atoms with Crippen molar-refractivity contribution in [2.45, 2.75) is 38.4 Å². The van der Waals surface area contributed by atoms with E-state index in [0.29, 0.717) is 0 Å². The molecule has 0 radical (unpaired) electrons. The third-order valence-corrected chi connectivity index (χ3v) is 8.40. The molecule has 4 rings (SSSR count). The molecule has 4 heteroatoms. The number of carbonyl (C=O) groups is 1. The maximum atomic E-state index is 12.9. The van der Waals surface area contributed by atoms with Gasteiger partial charge in [-0.05, 0) is 47.9 Å². The number of amides is 1. The zero-order valence-corrected chi connectivity index (χ0v) is 15.1. The molecule has 1 N–H and O–H groups in total. The molecule has 1 aromatic carbocycles. The van der Waals surface area contributed by atoms with Crippen molar-refractivity contribution in [2.24, 2.45) is 16.2 Å². The van der Waals surface area contributed by atoms with Crippen LogP contribution in [0.15, 0.2) is 28.7 Å². The van der Waals surface area contributed by atoms with E-state index in [-0.39, 0.29) is 27.0 Å².